The summed E-state index contributed by atoms with van der Waals surface area (Å²) in [5.74, 6) is -1.67. The number of halogens is 5. The number of alkyl halides is 3. The largest absolute Gasteiger partial charge is 0.416 e. The second-order valence-electron chi connectivity index (χ2n) is 7.01. The number of hydrogen-bond acceptors (Lipinski definition) is 3. The van der Waals surface area contributed by atoms with E-state index in [2.05, 4.69) is 5.32 Å². The molecule has 2 unspecified atom stereocenters. The van der Waals surface area contributed by atoms with Crippen LogP contribution in [0.2, 0.25) is 0 Å². The number of Topliss-reactive ketones (excluding diaryl/α,β-unsaturated/α-hetero) is 1. The van der Waals surface area contributed by atoms with Crippen LogP contribution in [0.5, 0.6) is 0 Å². The summed E-state index contributed by atoms with van der Waals surface area (Å²) >= 11 is 0. The minimum absolute atomic E-state index is 0.00918. The number of carbonyl (C=O) groups excluding carboxylic acids is 1. The van der Waals surface area contributed by atoms with Gasteiger partial charge in [-0.05, 0) is 47.9 Å². The van der Waals surface area contributed by atoms with Crippen molar-refractivity contribution in [1.82, 2.24) is 5.32 Å². The molecule has 3 rings (SSSR count). The van der Waals surface area contributed by atoms with E-state index in [4.69, 9.17) is 0 Å². The molecule has 8 heteroatoms. The lowest BCUT2D eigenvalue weighted by Gasteiger charge is -2.35. The molecule has 2 aromatic carbocycles. The molecule has 0 aromatic heterocycles. The molecule has 0 radical (unpaired) electrons. The van der Waals surface area contributed by atoms with E-state index in [0.29, 0.717) is 11.6 Å². The van der Waals surface area contributed by atoms with E-state index in [9.17, 15) is 31.9 Å². The van der Waals surface area contributed by atoms with E-state index >= 15 is 0 Å². The lowest BCUT2D eigenvalue weighted by Crippen LogP contribution is -2.47. The minimum atomic E-state index is -4.70. The second kappa shape index (κ2) is 7.60. The Morgan fingerprint density at radius 1 is 1.11 bits per heavy atom. The van der Waals surface area contributed by atoms with Gasteiger partial charge in [0.25, 0.3) is 0 Å². The van der Waals surface area contributed by atoms with Crippen LogP contribution in [0.15, 0.2) is 42.5 Å². The summed E-state index contributed by atoms with van der Waals surface area (Å²) < 4.78 is 65.7. The second-order valence-corrected chi connectivity index (χ2v) is 7.01. The summed E-state index contributed by atoms with van der Waals surface area (Å²) in [6.45, 7) is -0.257. The molecule has 1 saturated carbocycles. The van der Waals surface area contributed by atoms with Gasteiger partial charge in [-0.2, -0.15) is 13.2 Å². The lowest BCUT2D eigenvalue weighted by molar-refractivity contribution is -0.137. The van der Waals surface area contributed by atoms with Crippen molar-refractivity contribution < 1.29 is 31.9 Å². The third kappa shape index (κ3) is 4.23. The maximum absolute atomic E-state index is 13.7. The Labute approximate surface area is 158 Å². The molecule has 0 aliphatic heterocycles. The van der Waals surface area contributed by atoms with Crippen LogP contribution in [0.25, 0.3) is 0 Å². The smallest absolute Gasteiger partial charge is 0.378 e. The number of rotatable bonds is 5. The fraction of sp³-hybridized carbons (Fsp3) is 0.350. The first-order chi connectivity index (χ1) is 13.1. The highest BCUT2D eigenvalue weighted by molar-refractivity contribution is 5.83. The van der Waals surface area contributed by atoms with Gasteiger partial charge < -0.3 is 5.11 Å². The number of carbonyl (C=O) groups is 1. The fourth-order valence-corrected chi connectivity index (χ4v) is 3.65. The van der Waals surface area contributed by atoms with Crippen LogP contribution in [-0.2, 0) is 22.9 Å². The van der Waals surface area contributed by atoms with E-state index in [0.717, 1.165) is 12.1 Å². The Kier molecular flexibility index (Phi) is 5.54. The zero-order chi connectivity index (χ0) is 20.5. The van der Waals surface area contributed by atoms with Gasteiger partial charge in [-0.3, -0.25) is 10.1 Å². The molecule has 1 aliphatic rings. The van der Waals surface area contributed by atoms with E-state index in [1.807, 2.05) is 0 Å². The molecule has 28 heavy (non-hydrogen) atoms. The number of benzene rings is 2. The van der Waals surface area contributed by atoms with E-state index < -0.39 is 35.0 Å². The van der Waals surface area contributed by atoms with Crippen LogP contribution < -0.4 is 5.32 Å². The summed E-state index contributed by atoms with van der Waals surface area (Å²) in [5, 5.41) is 13.4. The summed E-state index contributed by atoms with van der Waals surface area (Å²) in [6, 6.07) is 7.64. The van der Waals surface area contributed by atoms with Crippen LogP contribution in [0, 0.1) is 11.6 Å². The maximum Gasteiger partial charge on any atom is 0.416 e. The van der Waals surface area contributed by atoms with Gasteiger partial charge in [0.05, 0.1) is 5.56 Å². The normalized spacial score (nSPS) is 21.1. The monoisotopic (exact) mass is 399 g/mol. The van der Waals surface area contributed by atoms with Crippen molar-refractivity contribution >= 4 is 5.78 Å². The van der Waals surface area contributed by atoms with Gasteiger partial charge in [0, 0.05) is 24.8 Å². The Bertz CT molecular complexity index is 883. The molecular formula is C20H18F5NO2. The Morgan fingerprint density at radius 2 is 1.86 bits per heavy atom. The molecule has 2 N–H and O–H groups in total. The van der Waals surface area contributed by atoms with Crippen LogP contribution >= 0.6 is 0 Å². The first-order valence-corrected chi connectivity index (χ1v) is 8.66. The average Bonchev–Trinajstić information content (AvgIpc) is 3.02. The van der Waals surface area contributed by atoms with Crippen LogP contribution in [0.1, 0.15) is 36.0 Å². The summed E-state index contributed by atoms with van der Waals surface area (Å²) in [7, 11) is 0. The van der Waals surface area contributed by atoms with Crippen molar-refractivity contribution in [3.8, 4) is 0 Å². The molecule has 0 amide bonds. The van der Waals surface area contributed by atoms with Crippen molar-refractivity contribution in [2.45, 2.75) is 43.6 Å². The van der Waals surface area contributed by atoms with Gasteiger partial charge in [0.2, 0.25) is 0 Å². The number of ketones is 1. The first kappa shape index (κ1) is 20.4. The maximum atomic E-state index is 13.7. The highest BCUT2D eigenvalue weighted by Crippen LogP contribution is 2.42. The van der Waals surface area contributed by atoms with Gasteiger partial charge in [-0.15, -0.1) is 0 Å². The lowest BCUT2D eigenvalue weighted by atomic mass is 9.77. The molecule has 1 aliphatic carbocycles. The number of aliphatic hydroxyl groups excluding tert-OH is 1. The highest BCUT2D eigenvalue weighted by atomic mass is 19.4. The SMILES string of the molecule is O=C1CCC(c2cccc(F)c2)(C(O)NCc2cc(F)cc(C(F)(F)F)c2)C1. The minimum Gasteiger partial charge on any atom is -0.378 e. The number of hydrogen-bond donors (Lipinski definition) is 2. The molecular weight excluding hydrogens is 381 g/mol. The van der Waals surface area contributed by atoms with Crippen LogP contribution in [-0.4, -0.2) is 17.1 Å². The van der Waals surface area contributed by atoms with Gasteiger partial charge in [-0.1, -0.05) is 12.1 Å². The third-order valence-electron chi connectivity index (χ3n) is 5.07. The zero-order valence-electron chi connectivity index (χ0n) is 14.7. The van der Waals surface area contributed by atoms with E-state index in [1.165, 1.54) is 18.2 Å². The molecule has 0 heterocycles. The van der Waals surface area contributed by atoms with Crippen LogP contribution in [0.3, 0.4) is 0 Å². The summed E-state index contributed by atoms with van der Waals surface area (Å²) in [5.41, 5.74) is -1.81. The summed E-state index contributed by atoms with van der Waals surface area (Å²) in [6.07, 6.45) is -5.59. The topological polar surface area (TPSA) is 49.3 Å². The van der Waals surface area contributed by atoms with E-state index in [-0.39, 0.29) is 37.2 Å². The fourth-order valence-electron chi connectivity index (χ4n) is 3.65. The molecule has 2 atom stereocenters. The Hall–Kier alpha value is -2.32. The number of aliphatic hydroxyl groups is 1. The molecule has 3 nitrogen and oxygen atoms in total. The molecule has 1 fully saturated rings. The third-order valence-corrected chi connectivity index (χ3v) is 5.07. The van der Waals surface area contributed by atoms with Crippen molar-refractivity contribution in [2.24, 2.45) is 0 Å². The van der Waals surface area contributed by atoms with E-state index in [1.54, 1.807) is 6.07 Å². The van der Waals surface area contributed by atoms with Crippen molar-refractivity contribution in [2.75, 3.05) is 0 Å². The standard InChI is InChI=1S/C20H18F5NO2/c21-15-3-1-2-13(8-15)19(5-4-17(27)10-19)18(28)26-11-12-6-14(20(23,24)25)9-16(22)7-12/h1-3,6-9,18,26,28H,4-5,10-11H2. The first-order valence-electron chi connectivity index (χ1n) is 8.66. The molecule has 0 spiro atoms. The zero-order valence-corrected chi connectivity index (χ0v) is 14.7. The van der Waals surface area contributed by atoms with Crippen molar-refractivity contribution in [3.05, 3.63) is 70.8 Å². The Morgan fingerprint density at radius 3 is 2.46 bits per heavy atom. The van der Waals surface area contributed by atoms with Gasteiger partial charge in [-0.25, -0.2) is 8.78 Å². The van der Waals surface area contributed by atoms with Gasteiger partial charge in [0.1, 0.15) is 23.6 Å². The molecule has 150 valence electrons. The summed E-state index contributed by atoms with van der Waals surface area (Å²) in [4.78, 5) is 11.9. The number of nitrogens with one attached hydrogen (secondary N) is 1. The highest BCUT2D eigenvalue weighted by Gasteiger charge is 2.45. The molecule has 0 bridgehead atoms. The average molecular weight is 399 g/mol. The molecule has 0 saturated heterocycles. The molecule has 2 aromatic rings. The van der Waals surface area contributed by atoms with Crippen LogP contribution in [0.4, 0.5) is 22.0 Å². The quantitative estimate of drug-likeness (QED) is 0.588. The van der Waals surface area contributed by atoms with Gasteiger partial charge >= 0.3 is 6.18 Å². The Balaban J connectivity index is 1.83. The van der Waals surface area contributed by atoms with Gasteiger partial charge in [0.15, 0.2) is 0 Å². The predicted molar refractivity (Wildman–Crippen MR) is 91.2 cm³/mol. The predicted octanol–water partition coefficient (Wildman–Crippen LogP) is 4.08. The van der Waals surface area contributed by atoms with Crippen molar-refractivity contribution in [1.29, 1.82) is 0 Å². The van der Waals surface area contributed by atoms with Crippen molar-refractivity contribution in [3.63, 3.8) is 0 Å².